The lowest BCUT2D eigenvalue weighted by molar-refractivity contribution is 0.262. The second-order valence-electron chi connectivity index (χ2n) is 3.36. The number of nitrogens with one attached hydrogen (secondary N) is 2. The molecule has 1 aromatic carbocycles. The van der Waals surface area contributed by atoms with E-state index in [9.17, 15) is 4.79 Å². The van der Waals surface area contributed by atoms with Gasteiger partial charge in [0.15, 0.2) is 4.34 Å². The standard InChI is InChI=1S/C11H12N4O2S2/c1-17-8-6-4-3-5-7(8)12-9(16)13-10-14-15-11(18-2)19-10/h3-6H,1-2H3,(H2,12,13,14,16). The summed E-state index contributed by atoms with van der Waals surface area (Å²) < 4.78 is 5.95. The Kier molecular flexibility index (Phi) is 4.58. The lowest BCUT2D eigenvalue weighted by Crippen LogP contribution is -2.19. The number of anilines is 2. The number of hydrogen-bond donors (Lipinski definition) is 2. The van der Waals surface area contributed by atoms with Gasteiger partial charge in [-0.05, 0) is 18.4 Å². The summed E-state index contributed by atoms with van der Waals surface area (Å²) in [5, 5.41) is 13.5. The second-order valence-corrected chi connectivity index (χ2v) is 5.39. The number of rotatable bonds is 4. The number of aromatic nitrogens is 2. The van der Waals surface area contributed by atoms with Crippen molar-refractivity contribution in [3.8, 4) is 5.75 Å². The molecule has 2 amide bonds. The first-order chi connectivity index (χ1) is 9.22. The average molecular weight is 296 g/mol. The Morgan fingerprint density at radius 2 is 2.11 bits per heavy atom. The van der Waals surface area contributed by atoms with Crippen LogP contribution in [0.3, 0.4) is 0 Å². The van der Waals surface area contributed by atoms with Gasteiger partial charge >= 0.3 is 6.03 Å². The first-order valence-corrected chi connectivity index (χ1v) is 7.35. The normalized spacial score (nSPS) is 10.0. The topological polar surface area (TPSA) is 76.1 Å². The number of urea groups is 1. The molecule has 19 heavy (non-hydrogen) atoms. The molecule has 0 spiro atoms. The molecule has 6 nitrogen and oxygen atoms in total. The van der Waals surface area contributed by atoms with Crippen LogP contribution in [0.5, 0.6) is 5.75 Å². The van der Waals surface area contributed by atoms with Crippen LogP contribution in [0.4, 0.5) is 15.6 Å². The molecule has 0 aliphatic heterocycles. The Bertz CT molecular complexity index is 573. The predicted molar refractivity (Wildman–Crippen MR) is 77.3 cm³/mol. The van der Waals surface area contributed by atoms with E-state index < -0.39 is 0 Å². The van der Waals surface area contributed by atoms with E-state index in [1.165, 1.54) is 23.1 Å². The van der Waals surface area contributed by atoms with Gasteiger partial charge in [-0.15, -0.1) is 10.2 Å². The molecule has 0 unspecified atom stereocenters. The molecule has 8 heteroatoms. The Balaban J connectivity index is 2.01. The summed E-state index contributed by atoms with van der Waals surface area (Å²) in [6.45, 7) is 0. The third-order valence-electron chi connectivity index (χ3n) is 2.16. The second kappa shape index (κ2) is 6.39. The fraction of sp³-hybridized carbons (Fsp3) is 0.182. The maximum Gasteiger partial charge on any atom is 0.325 e. The van der Waals surface area contributed by atoms with E-state index in [1.807, 2.05) is 18.4 Å². The molecule has 0 bridgehead atoms. The summed E-state index contributed by atoms with van der Waals surface area (Å²) in [5.74, 6) is 0.597. The zero-order chi connectivity index (χ0) is 13.7. The molecule has 0 aliphatic rings. The Hall–Kier alpha value is -1.80. The number of amides is 2. The van der Waals surface area contributed by atoms with Gasteiger partial charge in [-0.1, -0.05) is 35.2 Å². The molecular weight excluding hydrogens is 284 g/mol. The summed E-state index contributed by atoms with van der Waals surface area (Å²) in [4.78, 5) is 11.8. The third-order valence-corrected chi connectivity index (χ3v) is 3.97. The van der Waals surface area contributed by atoms with E-state index in [1.54, 1.807) is 19.2 Å². The highest BCUT2D eigenvalue weighted by Gasteiger charge is 2.09. The number of thioether (sulfide) groups is 1. The van der Waals surface area contributed by atoms with Crippen molar-refractivity contribution in [2.45, 2.75) is 4.34 Å². The number of para-hydroxylation sites is 2. The van der Waals surface area contributed by atoms with Crippen molar-refractivity contribution in [3.05, 3.63) is 24.3 Å². The highest BCUT2D eigenvalue weighted by Crippen LogP contribution is 2.25. The van der Waals surface area contributed by atoms with Crippen LogP contribution in [-0.2, 0) is 0 Å². The predicted octanol–water partition coefficient (Wildman–Crippen LogP) is 2.91. The summed E-state index contributed by atoms with van der Waals surface area (Å²) >= 11 is 2.80. The van der Waals surface area contributed by atoms with Crippen molar-refractivity contribution in [1.29, 1.82) is 0 Å². The van der Waals surface area contributed by atoms with E-state index in [2.05, 4.69) is 20.8 Å². The molecule has 0 radical (unpaired) electrons. The number of carbonyl (C=O) groups excluding carboxylic acids is 1. The Labute approximate surface area is 118 Å². The average Bonchev–Trinajstić information content (AvgIpc) is 2.87. The van der Waals surface area contributed by atoms with Crippen LogP contribution in [0.25, 0.3) is 0 Å². The lowest BCUT2D eigenvalue weighted by atomic mass is 10.3. The summed E-state index contributed by atoms with van der Waals surface area (Å²) in [5.41, 5.74) is 0.595. The molecule has 2 rings (SSSR count). The van der Waals surface area contributed by atoms with Crippen LogP contribution in [0.1, 0.15) is 0 Å². The summed E-state index contributed by atoms with van der Waals surface area (Å²) in [6, 6.07) is 6.79. The van der Waals surface area contributed by atoms with Gasteiger partial charge in [-0.3, -0.25) is 5.32 Å². The van der Waals surface area contributed by atoms with Crippen LogP contribution in [0.15, 0.2) is 28.6 Å². The maximum atomic E-state index is 11.8. The molecule has 0 fully saturated rings. The zero-order valence-corrected chi connectivity index (χ0v) is 12.0. The van der Waals surface area contributed by atoms with Gasteiger partial charge in [-0.25, -0.2) is 4.79 Å². The van der Waals surface area contributed by atoms with Crippen LogP contribution in [0, 0.1) is 0 Å². The van der Waals surface area contributed by atoms with Crippen molar-refractivity contribution in [2.75, 3.05) is 24.0 Å². The number of methoxy groups -OCH3 is 1. The van der Waals surface area contributed by atoms with Crippen molar-refractivity contribution < 1.29 is 9.53 Å². The minimum atomic E-state index is -0.381. The Morgan fingerprint density at radius 1 is 1.32 bits per heavy atom. The molecule has 0 saturated heterocycles. The van der Waals surface area contributed by atoms with Gasteiger partial charge < -0.3 is 10.1 Å². The van der Waals surface area contributed by atoms with Crippen molar-refractivity contribution in [1.82, 2.24) is 10.2 Å². The van der Waals surface area contributed by atoms with Crippen LogP contribution in [0.2, 0.25) is 0 Å². The number of benzene rings is 1. The van der Waals surface area contributed by atoms with Crippen molar-refractivity contribution >= 4 is 39.9 Å². The smallest absolute Gasteiger partial charge is 0.325 e. The van der Waals surface area contributed by atoms with Crippen LogP contribution < -0.4 is 15.4 Å². The molecule has 2 N–H and O–H groups in total. The number of carbonyl (C=O) groups is 1. The van der Waals surface area contributed by atoms with Gasteiger partial charge in [0.25, 0.3) is 0 Å². The Morgan fingerprint density at radius 3 is 2.79 bits per heavy atom. The van der Waals surface area contributed by atoms with Gasteiger partial charge in [0, 0.05) is 0 Å². The number of nitrogens with zero attached hydrogens (tertiary/aromatic N) is 2. The quantitative estimate of drug-likeness (QED) is 0.670. The highest BCUT2D eigenvalue weighted by atomic mass is 32.2. The molecule has 100 valence electrons. The van der Waals surface area contributed by atoms with E-state index in [4.69, 9.17) is 4.74 Å². The molecule has 1 heterocycles. The maximum absolute atomic E-state index is 11.8. The van der Waals surface area contributed by atoms with Gasteiger partial charge in [0.1, 0.15) is 5.75 Å². The summed E-state index contributed by atoms with van der Waals surface area (Å²) in [7, 11) is 1.55. The fourth-order valence-corrected chi connectivity index (χ4v) is 2.51. The molecular formula is C11H12N4O2S2. The first-order valence-electron chi connectivity index (χ1n) is 5.31. The minimum absolute atomic E-state index is 0.381. The third kappa shape index (κ3) is 3.58. The molecule has 1 aromatic heterocycles. The molecule has 0 aliphatic carbocycles. The van der Waals surface area contributed by atoms with Gasteiger partial charge in [0.05, 0.1) is 12.8 Å². The van der Waals surface area contributed by atoms with Crippen molar-refractivity contribution in [2.24, 2.45) is 0 Å². The monoisotopic (exact) mass is 296 g/mol. The van der Waals surface area contributed by atoms with E-state index >= 15 is 0 Å². The van der Waals surface area contributed by atoms with E-state index in [-0.39, 0.29) is 6.03 Å². The van der Waals surface area contributed by atoms with Crippen molar-refractivity contribution in [3.63, 3.8) is 0 Å². The van der Waals surface area contributed by atoms with Gasteiger partial charge in [0.2, 0.25) is 5.13 Å². The first kappa shape index (κ1) is 13.6. The zero-order valence-electron chi connectivity index (χ0n) is 10.3. The molecule has 0 atom stereocenters. The molecule has 2 aromatic rings. The molecule has 0 saturated carbocycles. The summed E-state index contributed by atoms with van der Waals surface area (Å²) in [6.07, 6.45) is 1.90. The lowest BCUT2D eigenvalue weighted by Gasteiger charge is -2.09. The van der Waals surface area contributed by atoms with E-state index in [0.717, 1.165) is 4.34 Å². The minimum Gasteiger partial charge on any atom is -0.495 e. The number of hydrogen-bond acceptors (Lipinski definition) is 6. The fourth-order valence-electron chi connectivity index (χ4n) is 1.34. The van der Waals surface area contributed by atoms with Crippen LogP contribution in [-0.4, -0.2) is 29.6 Å². The highest BCUT2D eigenvalue weighted by molar-refractivity contribution is 8.00. The van der Waals surface area contributed by atoms with Gasteiger partial charge in [-0.2, -0.15) is 0 Å². The number of ether oxygens (including phenoxy) is 1. The largest absolute Gasteiger partial charge is 0.495 e. The van der Waals surface area contributed by atoms with E-state index in [0.29, 0.717) is 16.6 Å². The van der Waals surface area contributed by atoms with Crippen LogP contribution >= 0.6 is 23.1 Å². The SMILES string of the molecule is COc1ccccc1NC(=O)Nc1nnc(SC)s1.